The minimum Gasteiger partial charge on any atom is -0.353 e. The topological polar surface area (TPSA) is 73.0 Å². The number of piperidine rings is 2. The third-order valence-corrected chi connectivity index (χ3v) is 8.69. The summed E-state index contributed by atoms with van der Waals surface area (Å²) in [5, 5.41) is 3.17. The van der Waals surface area contributed by atoms with Gasteiger partial charge in [-0.25, -0.2) is 4.39 Å². The highest BCUT2D eigenvalue weighted by molar-refractivity contribution is 7.90. The van der Waals surface area contributed by atoms with Gasteiger partial charge in [-0.3, -0.25) is 14.0 Å². The van der Waals surface area contributed by atoms with Gasteiger partial charge in [0.2, 0.25) is 5.91 Å². The average Bonchev–Trinajstić information content (AvgIpc) is 2.86. The van der Waals surface area contributed by atoms with Crippen molar-refractivity contribution in [2.45, 2.75) is 38.3 Å². The maximum Gasteiger partial charge on any atom is 0.303 e. The zero-order valence-electron chi connectivity index (χ0n) is 19.6. The number of nitrogens with one attached hydrogen (secondary N) is 1. The molecular formula is C25H33FN4O3S. The molecule has 0 aromatic heterocycles. The Hall–Kier alpha value is -2.49. The molecule has 2 heterocycles. The van der Waals surface area contributed by atoms with Crippen molar-refractivity contribution in [1.82, 2.24) is 14.5 Å². The first kappa shape index (κ1) is 24.6. The summed E-state index contributed by atoms with van der Waals surface area (Å²) >= 11 is 0. The minimum atomic E-state index is -3.81. The lowest BCUT2D eigenvalue weighted by Crippen LogP contribution is -2.52. The van der Waals surface area contributed by atoms with Crippen molar-refractivity contribution in [3.05, 3.63) is 66.0 Å². The van der Waals surface area contributed by atoms with E-state index in [1.54, 1.807) is 0 Å². The summed E-state index contributed by atoms with van der Waals surface area (Å²) in [6.45, 7) is 3.29. The molecule has 0 spiro atoms. The molecule has 9 heteroatoms. The molecule has 0 saturated carbocycles. The standard InChI is InChI=1S/C25H33FN4O3S/c1-28(24-11-9-22(26)10-12-24)34(32,33)30-15-5-8-21(19-30)25(31)27-23-13-16-29(17-14-23)18-20-6-3-2-4-7-20/h2-4,6-7,9-12,21,23H,5,8,13-19H2,1H3,(H,27,31). The van der Waals surface area contributed by atoms with E-state index < -0.39 is 16.0 Å². The lowest BCUT2D eigenvalue weighted by atomic mass is 9.97. The van der Waals surface area contributed by atoms with Gasteiger partial charge in [0.15, 0.2) is 0 Å². The zero-order valence-corrected chi connectivity index (χ0v) is 20.4. The quantitative estimate of drug-likeness (QED) is 0.650. The maximum absolute atomic E-state index is 13.2. The Morgan fingerprint density at radius 2 is 1.71 bits per heavy atom. The lowest BCUT2D eigenvalue weighted by Gasteiger charge is -2.36. The predicted molar refractivity (Wildman–Crippen MR) is 131 cm³/mol. The second-order valence-corrected chi connectivity index (χ2v) is 11.2. The van der Waals surface area contributed by atoms with Crippen molar-refractivity contribution in [2.75, 3.05) is 37.5 Å². The minimum absolute atomic E-state index is 0.0640. The van der Waals surface area contributed by atoms with E-state index in [0.717, 1.165) is 36.8 Å². The zero-order chi connectivity index (χ0) is 24.1. The maximum atomic E-state index is 13.2. The summed E-state index contributed by atoms with van der Waals surface area (Å²) in [5.41, 5.74) is 1.68. The van der Waals surface area contributed by atoms with Crippen LogP contribution >= 0.6 is 0 Å². The van der Waals surface area contributed by atoms with Crippen molar-refractivity contribution in [3.63, 3.8) is 0 Å². The molecule has 2 aliphatic heterocycles. The Morgan fingerprint density at radius 3 is 2.38 bits per heavy atom. The fourth-order valence-electron chi connectivity index (χ4n) is 4.72. The Morgan fingerprint density at radius 1 is 1.03 bits per heavy atom. The number of rotatable bonds is 7. The van der Waals surface area contributed by atoms with Crippen LogP contribution < -0.4 is 9.62 Å². The number of carbonyl (C=O) groups excluding carboxylic acids is 1. The summed E-state index contributed by atoms with van der Waals surface area (Å²) in [6, 6.07) is 15.8. The number of nitrogens with zero attached hydrogens (tertiary/aromatic N) is 3. The molecule has 1 unspecified atom stereocenters. The van der Waals surface area contributed by atoms with Crippen molar-refractivity contribution in [2.24, 2.45) is 5.92 Å². The molecule has 2 saturated heterocycles. The Balaban J connectivity index is 1.29. The molecule has 34 heavy (non-hydrogen) atoms. The molecule has 1 atom stereocenters. The van der Waals surface area contributed by atoms with Gasteiger partial charge < -0.3 is 5.32 Å². The third-order valence-electron chi connectivity index (χ3n) is 6.80. The second kappa shape index (κ2) is 10.8. The Kier molecular flexibility index (Phi) is 7.85. The predicted octanol–water partition coefficient (Wildman–Crippen LogP) is 3.00. The van der Waals surface area contributed by atoms with Crippen LogP contribution in [0.25, 0.3) is 0 Å². The van der Waals surface area contributed by atoms with Gasteiger partial charge in [-0.15, -0.1) is 0 Å². The first-order valence-electron chi connectivity index (χ1n) is 11.9. The average molecular weight is 489 g/mol. The fraction of sp³-hybridized carbons (Fsp3) is 0.480. The molecule has 2 aliphatic rings. The van der Waals surface area contributed by atoms with Crippen LogP contribution in [0.5, 0.6) is 0 Å². The van der Waals surface area contributed by atoms with Crippen LogP contribution in [0.4, 0.5) is 10.1 Å². The highest BCUT2D eigenvalue weighted by Gasteiger charge is 2.35. The summed E-state index contributed by atoms with van der Waals surface area (Å²) in [4.78, 5) is 15.4. The van der Waals surface area contributed by atoms with E-state index in [0.29, 0.717) is 25.1 Å². The molecule has 184 valence electrons. The lowest BCUT2D eigenvalue weighted by molar-refractivity contribution is -0.127. The van der Waals surface area contributed by atoms with E-state index in [4.69, 9.17) is 0 Å². The van der Waals surface area contributed by atoms with Gasteiger partial charge in [0.1, 0.15) is 5.82 Å². The molecule has 0 radical (unpaired) electrons. The number of anilines is 1. The van der Waals surface area contributed by atoms with Crippen LogP contribution in [-0.4, -0.2) is 62.8 Å². The van der Waals surface area contributed by atoms with Crippen LogP contribution in [0.1, 0.15) is 31.2 Å². The fourth-order valence-corrected chi connectivity index (χ4v) is 6.18. The normalized spacial score (nSPS) is 20.7. The summed E-state index contributed by atoms with van der Waals surface area (Å²) in [6.07, 6.45) is 3.08. The van der Waals surface area contributed by atoms with Gasteiger partial charge in [-0.1, -0.05) is 30.3 Å². The number of benzene rings is 2. The number of carbonyl (C=O) groups is 1. The third kappa shape index (κ3) is 5.95. The first-order valence-corrected chi connectivity index (χ1v) is 13.3. The van der Waals surface area contributed by atoms with Gasteiger partial charge in [0, 0.05) is 45.8 Å². The number of amides is 1. The van der Waals surface area contributed by atoms with Crippen molar-refractivity contribution >= 4 is 21.8 Å². The number of likely N-dealkylation sites (tertiary alicyclic amines) is 1. The monoisotopic (exact) mass is 488 g/mol. The summed E-state index contributed by atoms with van der Waals surface area (Å²) < 4.78 is 42.0. The molecular weight excluding hydrogens is 455 g/mol. The molecule has 0 bridgehead atoms. The van der Waals surface area contributed by atoms with E-state index in [1.165, 1.54) is 41.2 Å². The van der Waals surface area contributed by atoms with Gasteiger partial charge in [0.05, 0.1) is 11.6 Å². The molecule has 1 N–H and O–H groups in total. The molecule has 0 aliphatic carbocycles. The molecule has 2 aromatic carbocycles. The van der Waals surface area contributed by atoms with Crippen LogP contribution in [0.2, 0.25) is 0 Å². The SMILES string of the molecule is CN(c1ccc(F)cc1)S(=O)(=O)N1CCCC(C(=O)NC2CCN(Cc3ccccc3)CC2)C1. The Bertz CT molecular complexity index is 1060. The van der Waals surface area contributed by atoms with Crippen LogP contribution in [0.3, 0.4) is 0 Å². The van der Waals surface area contributed by atoms with Crippen molar-refractivity contribution in [3.8, 4) is 0 Å². The molecule has 2 fully saturated rings. The van der Waals surface area contributed by atoms with Crippen LogP contribution in [-0.2, 0) is 21.5 Å². The smallest absolute Gasteiger partial charge is 0.303 e. The van der Waals surface area contributed by atoms with E-state index >= 15 is 0 Å². The van der Waals surface area contributed by atoms with Gasteiger partial charge in [-0.05, 0) is 55.5 Å². The number of hydrogen-bond donors (Lipinski definition) is 1. The largest absolute Gasteiger partial charge is 0.353 e. The molecule has 7 nitrogen and oxygen atoms in total. The number of hydrogen-bond acceptors (Lipinski definition) is 4. The molecule has 2 aromatic rings. The number of halogens is 1. The van der Waals surface area contributed by atoms with Gasteiger partial charge in [0.25, 0.3) is 0 Å². The highest BCUT2D eigenvalue weighted by atomic mass is 32.2. The Labute approximate surface area is 201 Å². The van der Waals surface area contributed by atoms with E-state index in [9.17, 15) is 17.6 Å². The van der Waals surface area contributed by atoms with Crippen molar-refractivity contribution < 1.29 is 17.6 Å². The van der Waals surface area contributed by atoms with Crippen LogP contribution in [0, 0.1) is 11.7 Å². The van der Waals surface area contributed by atoms with E-state index in [1.807, 2.05) is 18.2 Å². The van der Waals surface area contributed by atoms with Gasteiger partial charge >= 0.3 is 10.2 Å². The first-order chi connectivity index (χ1) is 16.3. The van der Waals surface area contributed by atoms with Crippen LogP contribution in [0.15, 0.2) is 54.6 Å². The molecule has 1 amide bonds. The summed E-state index contributed by atoms with van der Waals surface area (Å²) in [5.74, 6) is -0.853. The molecule has 4 rings (SSSR count). The highest BCUT2D eigenvalue weighted by Crippen LogP contribution is 2.25. The van der Waals surface area contributed by atoms with Crippen molar-refractivity contribution in [1.29, 1.82) is 0 Å². The van der Waals surface area contributed by atoms with E-state index in [-0.39, 0.29) is 24.4 Å². The summed E-state index contributed by atoms with van der Waals surface area (Å²) in [7, 11) is -2.35. The van der Waals surface area contributed by atoms with E-state index in [2.05, 4.69) is 22.3 Å². The second-order valence-electron chi connectivity index (χ2n) is 9.19. The van der Waals surface area contributed by atoms with Gasteiger partial charge in [-0.2, -0.15) is 12.7 Å².